The zero-order valence-electron chi connectivity index (χ0n) is 8.88. The van der Waals surface area contributed by atoms with E-state index in [9.17, 15) is 4.39 Å². The Morgan fingerprint density at radius 2 is 2.07 bits per heavy atom. The standard InChI is InChI=1S/C11H12BrFN2/c1-6(2)11-9-8(14-15(11)3)5-4-7(12)10(9)13/h4-6H,1-3H3. The second kappa shape index (κ2) is 3.59. The Balaban J connectivity index is 2.90. The van der Waals surface area contributed by atoms with Crippen molar-refractivity contribution in [2.24, 2.45) is 7.05 Å². The molecule has 0 aliphatic carbocycles. The third kappa shape index (κ3) is 1.57. The first-order valence-electron chi connectivity index (χ1n) is 4.83. The molecule has 2 rings (SSSR count). The highest BCUT2D eigenvalue weighted by atomic mass is 79.9. The van der Waals surface area contributed by atoms with Crippen LogP contribution in [-0.4, -0.2) is 9.78 Å². The number of fused-ring (bicyclic) bond motifs is 1. The van der Waals surface area contributed by atoms with E-state index in [2.05, 4.69) is 21.0 Å². The van der Waals surface area contributed by atoms with Crippen molar-refractivity contribution in [1.82, 2.24) is 9.78 Å². The summed E-state index contributed by atoms with van der Waals surface area (Å²) in [5, 5.41) is 4.92. The SMILES string of the molecule is CC(C)c1c2c(F)c(Br)ccc2nn1C. The number of benzene rings is 1. The fraction of sp³-hybridized carbons (Fsp3) is 0.364. The molecule has 2 aromatic rings. The summed E-state index contributed by atoms with van der Waals surface area (Å²) in [6.45, 7) is 4.08. The average molecular weight is 271 g/mol. The molecule has 1 aromatic heterocycles. The van der Waals surface area contributed by atoms with Gasteiger partial charge in [-0.15, -0.1) is 0 Å². The molecule has 0 radical (unpaired) electrons. The van der Waals surface area contributed by atoms with E-state index < -0.39 is 0 Å². The number of aryl methyl sites for hydroxylation is 1. The third-order valence-electron chi connectivity index (χ3n) is 2.48. The minimum atomic E-state index is -0.218. The number of hydrogen-bond donors (Lipinski definition) is 0. The van der Waals surface area contributed by atoms with Crippen LogP contribution in [-0.2, 0) is 7.05 Å². The first-order valence-corrected chi connectivity index (χ1v) is 5.62. The van der Waals surface area contributed by atoms with Gasteiger partial charge >= 0.3 is 0 Å². The van der Waals surface area contributed by atoms with Gasteiger partial charge in [-0.2, -0.15) is 5.10 Å². The Kier molecular flexibility index (Phi) is 2.54. The van der Waals surface area contributed by atoms with Crippen LogP contribution in [0.3, 0.4) is 0 Å². The first kappa shape index (κ1) is 10.6. The average Bonchev–Trinajstić information content (AvgIpc) is 2.49. The largest absolute Gasteiger partial charge is 0.271 e. The van der Waals surface area contributed by atoms with Crippen molar-refractivity contribution in [3.63, 3.8) is 0 Å². The fourth-order valence-electron chi connectivity index (χ4n) is 1.91. The lowest BCUT2D eigenvalue weighted by atomic mass is 10.1. The van der Waals surface area contributed by atoms with Crippen molar-refractivity contribution < 1.29 is 4.39 Å². The van der Waals surface area contributed by atoms with Crippen LogP contribution >= 0.6 is 15.9 Å². The van der Waals surface area contributed by atoms with Crippen LogP contribution in [0.25, 0.3) is 10.9 Å². The number of nitrogens with zero attached hydrogens (tertiary/aromatic N) is 2. The maximum atomic E-state index is 13.9. The third-order valence-corrected chi connectivity index (χ3v) is 3.09. The molecule has 0 spiro atoms. The van der Waals surface area contributed by atoms with Gasteiger partial charge in [0, 0.05) is 7.05 Å². The highest BCUT2D eigenvalue weighted by Gasteiger charge is 2.17. The molecule has 1 heterocycles. The van der Waals surface area contributed by atoms with Crippen LogP contribution in [0.2, 0.25) is 0 Å². The van der Waals surface area contributed by atoms with Crippen molar-refractivity contribution >= 4 is 26.8 Å². The number of hydrogen-bond acceptors (Lipinski definition) is 1. The molecule has 0 atom stereocenters. The van der Waals surface area contributed by atoms with Crippen molar-refractivity contribution in [3.05, 3.63) is 28.1 Å². The van der Waals surface area contributed by atoms with Gasteiger partial charge in [0.2, 0.25) is 0 Å². The topological polar surface area (TPSA) is 17.8 Å². The molecule has 15 heavy (non-hydrogen) atoms. The summed E-state index contributed by atoms with van der Waals surface area (Å²) >= 11 is 3.20. The smallest absolute Gasteiger partial charge is 0.148 e. The summed E-state index contributed by atoms with van der Waals surface area (Å²) in [6.07, 6.45) is 0. The van der Waals surface area contributed by atoms with Gasteiger partial charge in [-0.3, -0.25) is 4.68 Å². The molecule has 0 N–H and O–H groups in total. The minimum absolute atomic E-state index is 0.218. The van der Waals surface area contributed by atoms with Gasteiger partial charge in [-0.05, 0) is 34.0 Å². The summed E-state index contributed by atoms with van der Waals surface area (Å²) in [5.41, 5.74) is 1.64. The Morgan fingerprint density at radius 1 is 1.40 bits per heavy atom. The van der Waals surface area contributed by atoms with Crippen LogP contribution in [0.5, 0.6) is 0 Å². The molecular weight excluding hydrogens is 259 g/mol. The van der Waals surface area contributed by atoms with Gasteiger partial charge in [0.1, 0.15) is 5.82 Å². The highest BCUT2D eigenvalue weighted by molar-refractivity contribution is 9.10. The van der Waals surface area contributed by atoms with E-state index in [-0.39, 0.29) is 11.7 Å². The zero-order valence-corrected chi connectivity index (χ0v) is 10.5. The lowest BCUT2D eigenvalue weighted by molar-refractivity contribution is 0.626. The van der Waals surface area contributed by atoms with Crippen molar-refractivity contribution in [2.45, 2.75) is 19.8 Å². The fourth-order valence-corrected chi connectivity index (χ4v) is 2.24. The van der Waals surface area contributed by atoms with Crippen LogP contribution in [0.1, 0.15) is 25.5 Å². The molecule has 0 bridgehead atoms. The van der Waals surface area contributed by atoms with Gasteiger partial charge in [0.15, 0.2) is 0 Å². The summed E-state index contributed by atoms with van der Waals surface area (Å²) in [5.74, 6) is 0.0353. The van der Waals surface area contributed by atoms with Gasteiger partial charge in [0.05, 0.1) is 21.1 Å². The predicted molar refractivity (Wildman–Crippen MR) is 62.5 cm³/mol. The molecule has 4 heteroatoms. The lowest BCUT2D eigenvalue weighted by Crippen LogP contribution is -2.00. The molecular formula is C11H12BrFN2. The van der Waals surface area contributed by atoms with Gasteiger partial charge in [0.25, 0.3) is 0 Å². The van der Waals surface area contributed by atoms with E-state index in [1.165, 1.54) is 0 Å². The second-order valence-electron chi connectivity index (χ2n) is 3.92. The van der Waals surface area contributed by atoms with E-state index >= 15 is 0 Å². The second-order valence-corrected chi connectivity index (χ2v) is 4.77. The molecule has 0 unspecified atom stereocenters. The molecule has 0 saturated carbocycles. The lowest BCUT2D eigenvalue weighted by Gasteiger charge is -2.06. The van der Waals surface area contributed by atoms with Crippen molar-refractivity contribution in [1.29, 1.82) is 0 Å². The molecule has 1 aromatic carbocycles. The molecule has 0 aliphatic heterocycles. The monoisotopic (exact) mass is 270 g/mol. The normalized spacial score (nSPS) is 11.6. The van der Waals surface area contributed by atoms with Crippen LogP contribution in [0.15, 0.2) is 16.6 Å². The van der Waals surface area contributed by atoms with Gasteiger partial charge in [-0.25, -0.2) is 4.39 Å². The molecule has 0 saturated heterocycles. The summed E-state index contributed by atoms with van der Waals surface area (Å²) in [7, 11) is 1.85. The van der Waals surface area contributed by atoms with Gasteiger partial charge < -0.3 is 0 Å². The van der Waals surface area contributed by atoms with Crippen molar-refractivity contribution in [3.8, 4) is 0 Å². The van der Waals surface area contributed by atoms with Crippen LogP contribution in [0, 0.1) is 5.82 Å². The van der Waals surface area contributed by atoms with E-state index in [1.807, 2.05) is 27.0 Å². The maximum Gasteiger partial charge on any atom is 0.148 e. The van der Waals surface area contributed by atoms with E-state index in [1.54, 1.807) is 10.7 Å². The minimum Gasteiger partial charge on any atom is -0.271 e. The Labute approximate surface area is 96.2 Å². The quantitative estimate of drug-likeness (QED) is 0.774. The summed E-state index contributed by atoms with van der Waals surface area (Å²) < 4.78 is 16.2. The van der Waals surface area contributed by atoms with E-state index in [4.69, 9.17) is 0 Å². The van der Waals surface area contributed by atoms with E-state index in [0.29, 0.717) is 15.4 Å². The van der Waals surface area contributed by atoms with Crippen LogP contribution < -0.4 is 0 Å². The summed E-state index contributed by atoms with van der Waals surface area (Å²) in [4.78, 5) is 0. The Morgan fingerprint density at radius 3 is 2.67 bits per heavy atom. The van der Waals surface area contributed by atoms with Gasteiger partial charge in [-0.1, -0.05) is 13.8 Å². The van der Waals surface area contributed by atoms with Crippen LogP contribution in [0.4, 0.5) is 4.39 Å². The zero-order chi connectivity index (χ0) is 11.2. The van der Waals surface area contributed by atoms with E-state index in [0.717, 1.165) is 5.69 Å². The first-order chi connectivity index (χ1) is 7.02. The molecule has 0 aliphatic rings. The highest BCUT2D eigenvalue weighted by Crippen LogP contribution is 2.30. The Hall–Kier alpha value is -0.900. The number of rotatable bonds is 1. The molecule has 2 nitrogen and oxygen atoms in total. The molecule has 80 valence electrons. The van der Waals surface area contributed by atoms with Crippen molar-refractivity contribution in [2.75, 3.05) is 0 Å². The Bertz CT molecular complexity index is 517. The number of halogens is 2. The predicted octanol–water partition coefficient (Wildman–Crippen LogP) is 3.60. The molecule has 0 fully saturated rings. The number of aromatic nitrogens is 2. The maximum absolute atomic E-state index is 13.9. The summed E-state index contributed by atoms with van der Waals surface area (Å²) in [6, 6.07) is 3.52. The molecule has 0 amide bonds.